The molecule has 0 spiro atoms. The van der Waals surface area contributed by atoms with Crippen molar-refractivity contribution in [2.24, 2.45) is 0 Å². The highest BCUT2D eigenvalue weighted by molar-refractivity contribution is 9.10. The van der Waals surface area contributed by atoms with E-state index in [0.717, 1.165) is 0 Å². The van der Waals surface area contributed by atoms with E-state index in [9.17, 15) is 19.5 Å². The number of benzene rings is 1. The van der Waals surface area contributed by atoms with Crippen LogP contribution < -0.4 is 0 Å². The molecule has 1 aromatic rings. The first-order chi connectivity index (χ1) is 9.38. The van der Waals surface area contributed by atoms with Gasteiger partial charge in [0, 0.05) is 10.0 Å². The number of amides is 2. The van der Waals surface area contributed by atoms with Gasteiger partial charge in [0.1, 0.15) is 12.3 Å². The average Bonchev–Trinajstić information content (AvgIpc) is 2.61. The molecule has 1 heterocycles. The quantitative estimate of drug-likeness (QED) is 0.805. The zero-order valence-electron chi connectivity index (χ0n) is 9.87. The van der Waals surface area contributed by atoms with Crippen LogP contribution in [0.2, 0.25) is 0 Å². The molecule has 8 heteroatoms. The van der Waals surface area contributed by atoms with Crippen molar-refractivity contribution < 1.29 is 24.6 Å². The topological polar surface area (TPSA) is 94.9 Å². The summed E-state index contributed by atoms with van der Waals surface area (Å²) >= 11 is 3.87. The van der Waals surface area contributed by atoms with Crippen molar-refractivity contribution in [3.05, 3.63) is 33.1 Å². The number of hydrogen-bond acceptors (Lipinski definition) is 5. The molecule has 0 aliphatic carbocycles. The Bertz CT molecular complexity index is 643. The Morgan fingerprint density at radius 3 is 2.75 bits per heavy atom. The summed E-state index contributed by atoms with van der Waals surface area (Å²) in [6, 6.07) is 4.65. The number of carboxylic acid groups (broad SMARTS) is 1. The first kappa shape index (κ1) is 14.6. The van der Waals surface area contributed by atoms with Gasteiger partial charge in [-0.1, -0.05) is 15.9 Å². The van der Waals surface area contributed by atoms with Gasteiger partial charge in [-0.25, -0.2) is 0 Å². The lowest BCUT2D eigenvalue weighted by Crippen LogP contribution is -2.33. The number of aliphatic carboxylic acids is 1. The van der Waals surface area contributed by atoms with Crippen LogP contribution in [-0.2, 0) is 9.59 Å². The number of halogens is 1. The number of aromatic hydroxyl groups is 1. The van der Waals surface area contributed by atoms with E-state index in [1.54, 1.807) is 12.1 Å². The second kappa shape index (κ2) is 5.68. The number of thioether (sulfide) groups is 1. The molecule has 1 aromatic carbocycles. The molecule has 1 saturated heterocycles. The van der Waals surface area contributed by atoms with Crippen LogP contribution in [0.1, 0.15) is 5.56 Å². The van der Waals surface area contributed by atoms with Crippen molar-refractivity contribution in [3.8, 4) is 5.75 Å². The van der Waals surface area contributed by atoms with Gasteiger partial charge in [-0.15, -0.1) is 0 Å². The van der Waals surface area contributed by atoms with Gasteiger partial charge in [-0.3, -0.25) is 19.3 Å². The summed E-state index contributed by atoms with van der Waals surface area (Å²) in [7, 11) is 0. The number of hydrogen-bond donors (Lipinski definition) is 2. The highest BCUT2D eigenvalue weighted by Crippen LogP contribution is 2.34. The van der Waals surface area contributed by atoms with Crippen molar-refractivity contribution in [2.75, 3.05) is 6.54 Å². The molecule has 0 atom stereocenters. The predicted octanol–water partition coefficient (Wildman–Crippen LogP) is 2.28. The largest absolute Gasteiger partial charge is 0.507 e. The van der Waals surface area contributed by atoms with E-state index in [1.165, 1.54) is 12.1 Å². The number of rotatable bonds is 3. The second-order valence-electron chi connectivity index (χ2n) is 3.86. The van der Waals surface area contributed by atoms with Crippen LogP contribution in [0.3, 0.4) is 0 Å². The maximum Gasteiger partial charge on any atom is 0.323 e. The van der Waals surface area contributed by atoms with Gasteiger partial charge in [0.2, 0.25) is 0 Å². The van der Waals surface area contributed by atoms with E-state index in [1.807, 2.05) is 0 Å². The van der Waals surface area contributed by atoms with Crippen molar-refractivity contribution in [1.29, 1.82) is 0 Å². The Balaban J connectivity index is 2.32. The molecular weight excluding hydrogens is 350 g/mol. The Morgan fingerprint density at radius 1 is 1.40 bits per heavy atom. The van der Waals surface area contributed by atoms with E-state index in [2.05, 4.69) is 15.9 Å². The van der Waals surface area contributed by atoms with Crippen LogP contribution in [0.4, 0.5) is 4.79 Å². The number of nitrogens with zero attached hydrogens (tertiary/aromatic N) is 1. The zero-order valence-corrected chi connectivity index (χ0v) is 12.3. The van der Waals surface area contributed by atoms with Gasteiger partial charge >= 0.3 is 5.97 Å². The number of imide groups is 1. The Kier molecular flexibility index (Phi) is 4.15. The van der Waals surface area contributed by atoms with Gasteiger partial charge in [0.05, 0.1) is 4.91 Å². The molecule has 6 nitrogen and oxygen atoms in total. The third kappa shape index (κ3) is 3.02. The van der Waals surface area contributed by atoms with Crippen molar-refractivity contribution in [3.63, 3.8) is 0 Å². The number of carbonyl (C=O) groups excluding carboxylic acids is 2. The highest BCUT2D eigenvalue weighted by Gasteiger charge is 2.36. The highest BCUT2D eigenvalue weighted by atomic mass is 79.9. The normalized spacial score (nSPS) is 17.1. The number of phenols is 1. The minimum Gasteiger partial charge on any atom is -0.507 e. The fraction of sp³-hybridized carbons (Fsp3) is 0.0833. The lowest BCUT2D eigenvalue weighted by atomic mass is 10.2. The summed E-state index contributed by atoms with van der Waals surface area (Å²) in [6.07, 6.45) is 1.35. The monoisotopic (exact) mass is 357 g/mol. The average molecular weight is 358 g/mol. The summed E-state index contributed by atoms with van der Waals surface area (Å²) < 4.78 is 0.700. The van der Waals surface area contributed by atoms with Gasteiger partial charge in [0.25, 0.3) is 11.1 Å². The molecule has 1 aliphatic heterocycles. The summed E-state index contributed by atoms with van der Waals surface area (Å²) in [6.45, 7) is -0.674. The Morgan fingerprint density at radius 2 is 2.10 bits per heavy atom. The molecule has 0 bridgehead atoms. The molecule has 104 valence electrons. The molecule has 0 radical (unpaired) electrons. The number of carbonyl (C=O) groups is 3. The van der Waals surface area contributed by atoms with Gasteiger partial charge in [-0.05, 0) is 36.0 Å². The van der Waals surface area contributed by atoms with Crippen LogP contribution in [0.25, 0.3) is 6.08 Å². The van der Waals surface area contributed by atoms with E-state index in [-0.39, 0.29) is 10.7 Å². The number of carboxylic acids is 1. The maximum absolute atomic E-state index is 11.9. The van der Waals surface area contributed by atoms with Gasteiger partial charge < -0.3 is 10.2 Å². The van der Waals surface area contributed by atoms with E-state index in [4.69, 9.17) is 5.11 Å². The van der Waals surface area contributed by atoms with Crippen LogP contribution >= 0.6 is 27.7 Å². The predicted molar refractivity (Wildman–Crippen MR) is 76.1 cm³/mol. The number of phenolic OH excluding ortho intramolecular Hbond substituents is 1. The fourth-order valence-electron chi connectivity index (χ4n) is 1.55. The van der Waals surface area contributed by atoms with Crippen LogP contribution in [0.5, 0.6) is 5.75 Å². The molecule has 1 aliphatic rings. The molecule has 2 N–H and O–H groups in total. The van der Waals surface area contributed by atoms with Crippen molar-refractivity contribution >= 4 is 50.9 Å². The smallest absolute Gasteiger partial charge is 0.323 e. The molecule has 20 heavy (non-hydrogen) atoms. The maximum atomic E-state index is 11.9. The third-order valence-electron chi connectivity index (χ3n) is 2.44. The van der Waals surface area contributed by atoms with Crippen LogP contribution in [-0.4, -0.2) is 38.8 Å². The summed E-state index contributed by atoms with van der Waals surface area (Å²) in [5, 5.41) is 17.7. The van der Waals surface area contributed by atoms with Gasteiger partial charge in [0.15, 0.2) is 0 Å². The van der Waals surface area contributed by atoms with Crippen LogP contribution in [0, 0.1) is 0 Å². The molecule has 0 unspecified atom stereocenters. The lowest BCUT2D eigenvalue weighted by molar-refractivity contribution is -0.140. The summed E-state index contributed by atoms with van der Waals surface area (Å²) in [5.41, 5.74) is 0.361. The summed E-state index contributed by atoms with van der Waals surface area (Å²) in [4.78, 5) is 34.8. The summed E-state index contributed by atoms with van der Waals surface area (Å²) in [5.74, 6) is -1.99. The fourth-order valence-corrected chi connectivity index (χ4v) is 2.76. The van der Waals surface area contributed by atoms with Crippen molar-refractivity contribution in [2.45, 2.75) is 0 Å². The molecular formula is C12H8BrNO5S. The van der Waals surface area contributed by atoms with Gasteiger partial charge in [-0.2, -0.15) is 0 Å². The first-order valence-electron chi connectivity index (χ1n) is 5.34. The van der Waals surface area contributed by atoms with Crippen molar-refractivity contribution in [1.82, 2.24) is 4.90 Å². The SMILES string of the molecule is O=C(O)CN1C(=O)S/C(=C\c2cc(Br)ccc2O)C1=O. The minimum atomic E-state index is -1.26. The molecule has 0 aromatic heterocycles. The molecule has 2 rings (SSSR count). The minimum absolute atomic E-state index is 0.0433. The van der Waals surface area contributed by atoms with E-state index >= 15 is 0 Å². The molecule has 0 saturated carbocycles. The second-order valence-corrected chi connectivity index (χ2v) is 5.77. The van der Waals surface area contributed by atoms with Crippen LogP contribution in [0.15, 0.2) is 27.6 Å². The third-order valence-corrected chi connectivity index (χ3v) is 3.84. The standard InChI is InChI=1S/C12H8BrNO5S/c13-7-1-2-8(15)6(3-7)4-9-11(18)14(5-10(16)17)12(19)20-9/h1-4,15H,5H2,(H,16,17)/b9-4-. The Hall–Kier alpha value is -1.80. The van der Waals surface area contributed by atoms with E-state index in [0.29, 0.717) is 26.7 Å². The Labute approximate surface area is 126 Å². The molecule has 2 amide bonds. The zero-order chi connectivity index (χ0) is 14.9. The van der Waals surface area contributed by atoms with E-state index < -0.39 is 23.7 Å². The lowest BCUT2D eigenvalue weighted by Gasteiger charge is -2.07. The first-order valence-corrected chi connectivity index (χ1v) is 6.95. The molecule has 1 fully saturated rings.